The molecule has 10 heteroatoms. The zero-order valence-electron chi connectivity index (χ0n) is 17.8. The second kappa shape index (κ2) is 8.13. The van der Waals surface area contributed by atoms with Crippen LogP contribution in [0.15, 0.2) is 42.9 Å². The van der Waals surface area contributed by atoms with Gasteiger partial charge in [-0.05, 0) is 56.2 Å². The first kappa shape index (κ1) is 21.9. The quantitative estimate of drug-likeness (QED) is 0.539. The second-order valence-electron chi connectivity index (χ2n) is 8.65. The van der Waals surface area contributed by atoms with Gasteiger partial charge in [0.25, 0.3) is 5.91 Å². The summed E-state index contributed by atoms with van der Waals surface area (Å²) in [6.07, 6.45) is 2.43. The third-order valence-corrected chi connectivity index (χ3v) is 7.01. The molecule has 0 N–H and O–H groups in total. The Labute approximate surface area is 193 Å². The number of halogens is 4. The van der Waals surface area contributed by atoms with Crippen LogP contribution in [0.1, 0.15) is 46.4 Å². The molecule has 0 saturated carbocycles. The van der Waals surface area contributed by atoms with Crippen LogP contribution in [0.4, 0.5) is 13.2 Å². The van der Waals surface area contributed by atoms with Gasteiger partial charge in [-0.3, -0.25) is 9.78 Å². The van der Waals surface area contributed by atoms with E-state index in [1.165, 1.54) is 4.80 Å². The van der Waals surface area contributed by atoms with Gasteiger partial charge in [0.1, 0.15) is 5.69 Å². The van der Waals surface area contributed by atoms with Crippen molar-refractivity contribution in [3.8, 4) is 5.69 Å². The standard InChI is InChI=1S/C23H21ClF3N5O/c1-13-3-2-4-17(21(13)32-29-7-8-30-32)22(33)31-16-5-6-20(31)14(9-16)10-19-18(24)11-15(12-28-19)23(25,26)27/h2-4,7-8,11-12,14,16,20H,5-6,9-10H2,1H3. The van der Waals surface area contributed by atoms with Crippen LogP contribution in [0.2, 0.25) is 5.02 Å². The smallest absolute Gasteiger partial charge is 0.332 e. The van der Waals surface area contributed by atoms with Crippen LogP contribution in [0, 0.1) is 12.8 Å². The first-order valence-electron chi connectivity index (χ1n) is 10.7. The van der Waals surface area contributed by atoms with Crippen molar-refractivity contribution in [3.63, 3.8) is 0 Å². The molecule has 0 radical (unpaired) electrons. The van der Waals surface area contributed by atoms with E-state index < -0.39 is 11.7 Å². The predicted molar refractivity (Wildman–Crippen MR) is 115 cm³/mol. The minimum Gasteiger partial charge on any atom is -0.332 e. The highest BCUT2D eigenvalue weighted by Crippen LogP contribution is 2.45. The minimum absolute atomic E-state index is 0.0104. The Kier molecular flexibility index (Phi) is 5.39. The lowest BCUT2D eigenvalue weighted by molar-refractivity contribution is -0.137. The summed E-state index contributed by atoms with van der Waals surface area (Å²) >= 11 is 6.15. The van der Waals surface area contributed by atoms with Gasteiger partial charge >= 0.3 is 6.18 Å². The molecule has 1 amide bonds. The van der Waals surface area contributed by atoms with E-state index in [1.54, 1.807) is 18.5 Å². The van der Waals surface area contributed by atoms with Gasteiger partial charge in [-0.2, -0.15) is 28.2 Å². The first-order chi connectivity index (χ1) is 15.7. The number of nitrogens with zero attached hydrogens (tertiary/aromatic N) is 5. The van der Waals surface area contributed by atoms with Crippen LogP contribution in [-0.2, 0) is 12.6 Å². The molecule has 2 fully saturated rings. The fraction of sp³-hybridized carbons (Fsp3) is 0.391. The molecule has 6 nitrogen and oxygen atoms in total. The SMILES string of the molecule is Cc1cccc(C(=O)N2C3CCC2C(Cc2ncc(C(F)(F)F)cc2Cl)C3)c1-n1nccn1. The summed E-state index contributed by atoms with van der Waals surface area (Å²) in [7, 11) is 0. The molecule has 5 rings (SSSR count). The van der Waals surface area contributed by atoms with Crippen molar-refractivity contribution in [2.75, 3.05) is 0 Å². The monoisotopic (exact) mass is 475 g/mol. The zero-order chi connectivity index (χ0) is 23.3. The molecule has 33 heavy (non-hydrogen) atoms. The number of aromatic nitrogens is 4. The number of hydrogen-bond acceptors (Lipinski definition) is 4. The van der Waals surface area contributed by atoms with Gasteiger partial charge in [-0.25, -0.2) is 0 Å². The number of aryl methyl sites for hydroxylation is 1. The maximum Gasteiger partial charge on any atom is 0.417 e. The van der Waals surface area contributed by atoms with Crippen LogP contribution in [0.25, 0.3) is 5.69 Å². The number of alkyl halides is 3. The number of amides is 1. The highest BCUT2D eigenvalue weighted by Gasteiger charge is 2.49. The molecule has 0 spiro atoms. The molecule has 1 aromatic carbocycles. The van der Waals surface area contributed by atoms with Crippen molar-refractivity contribution in [1.82, 2.24) is 24.9 Å². The minimum atomic E-state index is -4.49. The Balaban J connectivity index is 1.40. The molecule has 4 heterocycles. The maximum atomic E-state index is 13.7. The molecule has 172 valence electrons. The Hall–Kier alpha value is -2.94. The van der Waals surface area contributed by atoms with Gasteiger partial charge in [0.05, 0.1) is 34.2 Å². The van der Waals surface area contributed by atoms with E-state index in [9.17, 15) is 18.0 Å². The number of para-hydroxylation sites is 1. The van der Waals surface area contributed by atoms with Gasteiger partial charge in [-0.1, -0.05) is 23.7 Å². The van der Waals surface area contributed by atoms with E-state index in [4.69, 9.17) is 11.6 Å². The molecule has 3 aromatic rings. The molecule has 0 aliphatic carbocycles. The van der Waals surface area contributed by atoms with Crippen LogP contribution < -0.4 is 0 Å². The fourth-order valence-electron chi connectivity index (χ4n) is 5.24. The third-order valence-electron chi connectivity index (χ3n) is 6.69. The largest absolute Gasteiger partial charge is 0.417 e. The highest BCUT2D eigenvalue weighted by atomic mass is 35.5. The van der Waals surface area contributed by atoms with E-state index >= 15 is 0 Å². The van der Waals surface area contributed by atoms with Crippen LogP contribution >= 0.6 is 11.6 Å². The van der Waals surface area contributed by atoms with Crippen LogP contribution in [-0.4, -0.2) is 42.9 Å². The summed E-state index contributed by atoms with van der Waals surface area (Å²) in [6.45, 7) is 1.91. The molecular formula is C23H21ClF3N5O. The van der Waals surface area contributed by atoms with E-state index in [0.29, 0.717) is 23.4 Å². The van der Waals surface area contributed by atoms with Crippen LogP contribution in [0.3, 0.4) is 0 Å². The number of carbonyl (C=O) groups is 1. The lowest BCUT2D eigenvalue weighted by Crippen LogP contribution is -2.37. The van der Waals surface area contributed by atoms with E-state index in [2.05, 4.69) is 15.2 Å². The Bertz CT molecular complexity index is 1200. The molecule has 2 bridgehead atoms. The number of carbonyl (C=O) groups excluding carboxylic acids is 1. The Morgan fingerprint density at radius 1 is 1.21 bits per heavy atom. The lowest BCUT2D eigenvalue weighted by Gasteiger charge is -2.26. The number of rotatable bonds is 4. The fourth-order valence-corrected chi connectivity index (χ4v) is 5.48. The van der Waals surface area contributed by atoms with Gasteiger partial charge in [-0.15, -0.1) is 0 Å². The lowest BCUT2D eigenvalue weighted by atomic mass is 9.86. The summed E-state index contributed by atoms with van der Waals surface area (Å²) < 4.78 is 38.8. The van der Waals surface area contributed by atoms with E-state index in [0.717, 1.165) is 37.1 Å². The first-order valence-corrected chi connectivity index (χ1v) is 11.1. The normalized spacial score (nSPS) is 22.2. The summed E-state index contributed by atoms with van der Waals surface area (Å²) in [6, 6.07) is 6.54. The number of benzene rings is 1. The van der Waals surface area contributed by atoms with Gasteiger partial charge < -0.3 is 4.90 Å². The summed E-state index contributed by atoms with van der Waals surface area (Å²) in [4.78, 5) is 21.1. The third kappa shape index (κ3) is 3.88. The molecule has 3 atom stereocenters. The van der Waals surface area contributed by atoms with Gasteiger partial charge in [0, 0.05) is 18.3 Å². The molecule has 2 aromatic heterocycles. The van der Waals surface area contributed by atoms with E-state index in [1.807, 2.05) is 24.0 Å². The molecular weight excluding hydrogens is 455 g/mol. The van der Waals surface area contributed by atoms with Crippen molar-refractivity contribution in [3.05, 3.63) is 70.3 Å². The summed E-state index contributed by atoms with van der Waals surface area (Å²) in [5.41, 5.74) is 1.66. The van der Waals surface area contributed by atoms with Crippen molar-refractivity contribution >= 4 is 17.5 Å². The van der Waals surface area contributed by atoms with Crippen molar-refractivity contribution in [1.29, 1.82) is 0 Å². The Morgan fingerprint density at radius 2 is 1.97 bits per heavy atom. The van der Waals surface area contributed by atoms with Crippen molar-refractivity contribution < 1.29 is 18.0 Å². The summed E-state index contributed by atoms with van der Waals surface area (Å²) in [5, 5.41) is 8.42. The zero-order valence-corrected chi connectivity index (χ0v) is 18.5. The average Bonchev–Trinajstić information content (AvgIpc) is 3.50. The van der Waals surface area contributed by atoms with Gasteiger partial charge in [0.15, 0.2) is 0 Å². The van der Waals surface area contributed by atoms with Crippen molar-refractivity contribution in [2.24, 2.45) is 5.92 Å². The highest BCUT2D eigenvalue weighted by molar-refractivity contribution is 6.31. The van der Waals surface area contributed by atoms with Crippen LogP contribution in [0.5, 0.6) is 0 Å². The second-order valence-corrected chi connectivity index (χ2v) is 9.06. The predicted octanol–water partition coefficient (Wildman–Crippen LogP) is 4.88. The average molecular weight is 476 g/mol. The molecule has 2 aliphatic rings. The molecule has 2 aliphatic heterocycles. The van der Waals surface area contributed by atoms with E-state index in [-0.39, 0.29) is 28.9 Å². The van der Waals surface area contributed by atoms with Gasteiger partial charge in [0.2, 0.25) is 0 Å². The number of hydrogen-bond donors (Lipinski definition) is 0. The maximum absolute atomic E-state index is 13.7. The number of fused-ring (bicyclic) bond motifs is 2. The topological polar surface area (TPSA) is 63.9 Å². The Morgan fingerprint density at radius 3 is 2.67 bits per heavy atom. The molecule has 2 saturated heterocycles. The van der Waals surface area contributed by atoms with Crippen molar-refractivity contribution in [2.45, 2.75) is 50.9 Å². The number of pyridine rings is 1. The summed E-state index contributed by atoms with van der Waals surface area (Å²) in [5.74, 6) is 0.0120. The molecule has 3 unspecified atom stereocenters.